The summed E-state index contributed by atoms with van der Waals surface area (Å²) >= 11 is 0. The lowest BCUT2D eigenvalue weighted by Crippen LogP contribution is -2.56. The Bertz CT molecular complexity index is 205. The summed E-state index contributed by atoms with van der Waals surface area (Å²) in [6.07, 6.45) is 12.2. The van der Waals surface area contributed by atoms with E-state index >= 15 is 0 Å². The summed E-state index contributed by atoms with van der Waals surface area (Å²) in [6.45, 7) is 9.05. The van der Waals surface area contributed by atoms with E-state index in [1.807, 2.05) is 0 Å². The Hall–Kier alpha value is -0.0800. The Kier molecular flexibility index (Phi) is 7.25. The highest BCUT2D eigenvalue weighted by Gasteiger charge is 2.36. The van der Waals surface area contributed by atoms with E-state index in [2.05, 4.69) is 25.7 Å². The van der Waals surface area contributed by atoms with Gasteiger partial charge in [0.15, 0.2) is 0 Å². The van der Waals surface area contributed by atoms with E-state index in [9.17, 15) is 0 Å². The van der Waals surface area contributed by atoms with Crippen molar-refractivity contribution in [3.05, 3.63) is 0 Å². The first-order chi connectivity index (χ1) is 8.66. The van der Waals surface area contributed by atoms with Gasteiger partial charge >= 0.3 is 0 Å². The summed E-state index contributed by atoms with van der Waals surface area (Å²) in [6, 6.07) is 0.628. The molecule has 0 aromatic rings. The summed E-state index contributed by atoms with van der Waals surface area (Å²) in [5.41, 5.74) is 6.51. The third-order valence-electron chi connectivity index (χ3n) is 4.65. The van der Waals surface area contributed by atoms with Gasteiger partial charge in [-0.05, 0) is 39.7 Å². The Labute approximate surface area is 114 Å². The number of nitrogens with two attached hydrogens (primary N) is 1. The zero-order valence-electron chi connectivity index (χ0n) is 12.9. The van der Waals surface area contributed by atoms with Crippen LogP contribution in [0.5, 0.6) is 0 Å². The third-order valence-corrected chi connectivity index (χ3v) is 4.65. The van der Waals surface area contributed by atoms with E-state index < -0.39 is 0 Å². The van der Waals surface area contributed by atoms with Gasteiger partial charge in [0.1, 0.15) is 0 Å². The fraction of sp³-hybridized carbons (Fsp3) is 1.00. The summed E-state index contributed by atoms with van der Waals surface area (Å²) in [5, 5.41) is 0. The molecule has 0 aromatic carbocycles. The van der Waals surface area contributed by atoms with Crippen molar-refractivity contribution >= 4 is 0 Å². The van der Waals surface area contributed by atoms with Gasteiger partial charge in [-0.2, -0.15) is 0 Å². The minimum Gasteiger partial charge on any atom is -0.329 e. The van der Waals surface area contributed by atoms with Crippen molar-refractivity contribution in [2.75, 3.05) is 13.1 Å². The minimum absolute atomic E-state index is 0.304. The molecular weight excluding hydrogens is 220 g/mol. The minimum atomic E-state index is 0.304. The van der Waals surface area contributed by atoms with E-state index in [0.29, 0.717) is 11.6 Å². The quantitative estimate of drug-likeness (QED) is 0.551. The van der Waals surface area contributed by atoms with Crippen LogP contribution in [0, 0.1) is 0 Å². The Morgan fingerprint density at radius 3 is 2.11 bits per heavy atom. The topological polar surface area (TPSA) is 29.3 Å². The van der Waals surface area contributed by atoms with Crippen molar-refractivity contribution < 1.29 is 0 Å². The molecule has 0 atom stereocenters. The smallest absolute Gasteiger partial charge is 0.0334 e. The van der Waals surface area contributed by atoms with Crippen LogP contribution in [0.3, 0.4) is 0 Å². The molecule has 0 aliphatic heterocycles. The lowest BCUT2D eigenvalue weighted by Gasteiger charge is -2.46. The molecule has 1 aliphatic rings. The summed E-state index contributed by atoms with van der Waals surface area (Å²) in [7, 11) is 0. The second-order valence-corrected chi connectivity index (χ2v) is 6.34. The molecule has 108 valence electrons. The van der Waals surface area contributed by atoms with Crippen molar-refractivity contribution in [1.29, 1.82) is 0 Å². The van der Waals surface area contributed by atoms with Crippen LogP contribution >= 0.6 is 0 Å². The molecule has 18 heavy (non-hydrogen) atoms. The van der Waals surface area contributed by atoms with E-state index in [0.717, 1.165) is 6.54 Å². The molecule has 0 bridgehead atoms. The zero-order valence-corrected chi connectivity index (χ0v) is 12.9. The van der Waals surface area contributed by atoms with Crippen molar-refractivity contribution in [2.24, 2.45) is 5.73 Å². The van der Waals surface area contributed by atoms with Crippen LogP contribution in [0.4, 0.5) is 0 Å². The van der Waals surface area contributed by atoms with Crippen molar-refractivity contribution in [1.82, 2.24) is 4.90 Å². The largest absolute Gasteiger partial charge is 0.329 e. The first-order valence-electron chi connectivity index (χ1n) is 8.13. The molecule has 0 heterocycles. The lowest BCUT2D eigenvalue weighted by molar-refractivity contribution is 0.0460. The summed E-state index contributed by atoms with van der Waals surface area (Å²) in [5.74, 6) is 0. The maximum absolute atomic E-state index is 6.21. The first kappa shape index (κ1) is 16.0. The number of unbranched alkanes of at least 4 members (excludes halogenated alkanes) is 2. The van der Waals surface area contributed by atoms with Crippen molar-refractivity contribution in [3.63, 3.8) is 0 Å². The van der Waals surface area contributed by atoms with Gasteiger partial charge in [-0.1, -0.05) is 45.4 Å². The van der Waals surface area contributed by atoms with Crippen LogP contribution in [0.15, 0.2) is 0 Å². The van der Waals surface area contributed by atoms with Gasteiger partial charge in [0.25, 0.3) is 0 Å². The highest BCUT2D eigenvalue weighted by atomic mass is 15.2. The van der Waals surface area contributed by atoms with Gasteiger partial charge in [0.05, 0.1) is 0 Å². The Balaban J connectivity index is 2.70. The fourth-order valence-electron chi connectivity index (χ4n) is 3.57. The van der Waals surface area contributed by atoms with Gasteiger partial charge in [-0.25, -0.2) is 0 Å². The SMILES string of the molecule is CCCCCN(C(C)C)C1(CN)CCCCCC1. The van der Waals surface area contributed by atoms with Crippen LogP contribution in [-0.2, 0) is 0 Å². The van der Waals surface area contributed by atoms with Gasteiger partial charge in [-0.15, -0.1) is 0 Å². The van der Waals surface area contributed by atoms with E-state index in [4.69, 9.17) is 5.73 Å². The molecule has 1 fully saturated rings. The summed E-state index contributed by atoms with van der Waals surface area (Å²) in [4.78, 5) is 2.73. The lowest BCUT2D eigenvalue weighted by atomic mass is 9.86. The van der Waals surface area contributed by atoms with Crippen LogP contribution < -0.4 is 5.73 Å². The van der Waals surface area contributed by atoms with Crippen LogP contribution in [0.1, 0.15) is 78.6 Å². The van der Waals surface area contributed by atoms with Gasteiger partial charge in [-0.3, -0.25) is 4.90 Å². The van der Waals surface area contributed by atoms with Crippen molar-refractivity contribution in [2.45, 2.75) is 90.1 Å². The molecule has 1 aliphatic carbocycles. The second kappa shape index (κ2) is 8.16. The molecular formula is C16H34N2. The van der Waals surface area contributed by atoms with Crippen molar-refractivity contribution in [3.8, 4) is 0 Å². The van der Waals surface area contributed by atoms with E-state index in [1.165, 1.54) is 64.3 Å². The molecule has 2 heteroatoms. The first-order valence-corrected chi connectivity index (χ1v) is 8.13. The normalized spacial score (nSPS) is 20.3. The van der Waals surface area contributed by atoms with Crippen LogP contribution in [0.25, 0.3) is 0 Å². The highest BCUT2D eigenvalue weighted by Crippen LogP contribution is 2.33. The van der Waals surface area contributed by atoms with E-state index in [1.54, 1.807) is 0 Å². The molecule has 0 amide bonds. The molecule has 0 radical (unpaired) electrons. The Morgan fingerprint density at radius 2 is 1.67 bits per heavy atom. The summed E-state index contributed by atoms with van der Waals surface area (Å²) < 4.78 is 0. The van der Waals surface area contributed by atoms with Crippen LogP contribution in [-0.4, -0.2) is 29.6 Å². The molecule has 2 nitrogen and oxygen atoms in total. The molecule has 2 N–H and O–H groups in total. The maximum atomic E-state index is 6.21. The number of hydrogen-bond acceptors (Lipinski definition) is 2. The number of rotatable bonds is 7. The fourth-order valence-corrected chi connectivity index (χ4v) is 3.57. The molecule has 0 spiro atoms. The number of hydrogen-bond donors (Lipinski definition) is 1. The van der Waals surface area contributed by atoms with Gasteiger partial charge < -0.3 is 5.73 Å². The second-order valence-electron chi connectivity index (χ2n) is 6.34. The average molecular weight is 254 g/mol. The molecule has 1 rings (SSSR count). The predicted molar refractivity (Wildman–Crippen MR) is 80.9 cm³/mol. The standard InChI is InChI=1S/C16H34N2/c1-4-5-10-13-18(15(2)3)16(14-17)11-8-6-7-9-12-16/h15H,4-14,17H2,1-3H3. The molecule has 1 saturated carbocycles. The molecule has 0 unspecified atom stereocenters. The Morgan fingerprint density at radius 1 is 1.06 bits per heavy atom. The van der Waals surface area contributed by atoms with E-state index in [-0.39, 0.29) is 0 Å². The monoisotopic (exact) mass is 254 g/mol. The number of nitrogens with zero attached hydrogens (tertiary/aromatic N) is 1. The predicted octanol–water partition coefficient (Wildman–Crippen LogP) is 3.94. The highest BCUT2D eigenvalue weighted by molar-refractivity contribution is 4.94. The van der Waals surface area contributed by atoms with Gasteiger partial charge in [0.2, 0.25) is 0 Å². The van der Waals surface area contributed by atoms with Gasteiger partial charge in [0, 0.05) is 18.1 Å². The molecule has 0 saturated heterocycles. The third kappa shape index (κ3) is 4.24. The maximum Gasteiger partial charge on any atom is 0.0334 e. The molecule has 0 aromatic heterocycles. The zero-order chi connectivity index (χ0) is 13.4. The average Bonchev–Trinajstić information content (AvgIpc) is 2.60. The van der Waals surface area contributed by atoms with Crippen LogP contribution in [0.2, 0.25) is 0 Å².